The zero-order chi connectivity index (χ0) is 13.4. The van der Waals surface area contributed by atoms with Gasteiger partial charge in [0.25, 0.3) is 0 Å². The van der Waals surface area contributed by atoms with Gasteiger partial charge in [0.15, 0.2) is 0 Å². The summed E-state index contributed by atoms with van der Waals surface area (Å²) in [7, 11) is 0. The summed E-state index contributed by atoms with van der Waals surface area (Å²) < 4.78 is 11.2. The average molecular weight is 253 g/mol. The van der Waals surface area contributed by atoms with Crippen molar-refractivity contribution in [2.24, 2.45) is 0 Å². The Balaban J connectivity index is 1.91. The van der Waals surface area contributed by atoms with E-state index >= 15 is 0 Å². The highest BCUT2D eigenvalue weighted by molar-refractivity contribution is 5.04. The monoisotopic (exact) mass is 253 g/mol. The Bertz CT molecular complexity index is 384. The van der Waals surface area contributed by atoms with Crippen LogP contribution < -0.4 is 5.32 Å². The average Bonchev–Trinajstić information content (AvgIpc) is 2.80. The molecule has 0 bridgehead atoms. The molecule has 1 aromatic rings. The quantitative estimate of drug-likeness (QED) is 0.864. The van der Waals surface area contributed by atoms with Crippen LogP contribution in [0.15, 0.2) is 22.8 Å². The van der Waals surface area contributed by atoms with Crippen LogP contribution in [0.3, 0.4) is 0 Å². The highest BCUT2D eigenvalue weighted by Gasteiger charge is 2.45. The first-order valence-corrected chi connectivity index (χ1v) is 6.45. The maximum absolute atomic E-state index is 9.97. The summed E-state index contributed by atoms with van der Waals surface area (Å²) in [6.45, 7) is 8.83. The van der Waals surface area contributed by atoms with E-state index in [0.29, 0.717) is 12.3 Å². The smallest absolute Gasteiger partial charge is 0.133 e. The van der Waals surface area contributed by atoms with E-state index in [-0.39, 0.29) is 17.2 Å². The van der Waals surface area contributed by atoms with Gasteiger partial charge in [-0.15, -0.1) is 0 Å². The van der Waals surface area contributed by atoms with E-state index in [1.165, 1.54) is 0 Å². The van der Waals surface area contributed by atoms with Crippen LogP contribution in [0.2, 0.25) is 0 Å². The number of hydrogen-bond acceptors (Lipinski definition) is 4. The van der Waals surface area contributed by atoms with Crippen molar-refractivity contribution in [3.63, 3.8) is 0 Å². The van der Waals surface area contributed by atoms with Gasteiger partial charge in [-0.3, -0.25) is 0 Å². The predicted molar refractivity (Wildman–Crippen MR) is 69.3 cm³/mol. The highest BCUT2D eigenvalue weighted by Crippen LogP contribution is 2.37. The minimum Gasteiger partial charge on any atom is -0.467 e. The summed E-state index contributed by atoms with van der Waals surface area (Å²) >= 11 is 0. The fourth-order valence-electron chi connectivity index (χ4n) is 2.72. The standard InChI is InChI=1S/C14H23NO3/c1-13(2)8-12(14(3,4)18-13)15-9-10(16)11-6-5-7-17-11/h5-7,10,12,15-16H,8-9H2,1-4H3/t10-,12-/m0/s1. The topological polar surface area (TPSA) is 54.6 Å². The molecule has 1 aliphatic heterocycles. The number of furan rings is 1. The van der Waals surface area contributed by atoms with Crippen LogP contribution in [0.25, 0.3) is 0 Å². The molecule has 4 heteroatoms. The van der Waals surface area contributed by atoms with Crippen molar-refractivity contribution in [1.29, 1.82) is 0 Å². The third-order valence-electron chi connectivity index (χ3n) is 3.50. The van der Waals surface area contributed by atoms with E-state index in [0.717, 1.165) is 6.42 Å². The molecule has 2 heterocycles. The van der Waals surface area contributed by atoms with Crippen LogP contribution in [-0.4, -0.2) is 28.9 Å². The summed E-state index contributed by atoms with van der Waals surface area (Å²) in [6.07, 6.45) is 1.90. The lowest BCUT2D eigenvalue weighted by Gasteiger charge is -2.28. The number of rotatable bonds is 4. The minimum absolute atomic E-state index is 0.114. The first-order valence-electron chi connectivity index (χ1n) is 6.45. The Morgan fingerprint density at radius 3 is 2.67 bits per heavy atom. The summed E-state index contributed by atoms with van der Waals surface area (Å²) in [5.74, 6) is 0.596. The molecular weight excluding hydrogens is 230 g/mol. The molecule has 18 heavy (non-hydrogen) atoms. The van der Waals surface area contributed by atoms with E-state index in [9.17, 15) is 5.11 Å². The first kappa shape index (κ1) is 13.6. The van der Waals surface area contributed by atoms with Gasteiger partial charge in [-0.2, -0.15) is 0 Å². The van der Waals surface area contributed by atoms with E-state index in [1.54, 1.807) is 18.4 Å². The van der Waals surface area contributed by atoms with Crippen LogP contribution in [0.1, 0.15) is 46.0 Å². The largest absolute Gasteiger partial charge is 0.467 e. The first-order chi connectivity index (χ1) is 8.30. The maximum atomic E-state index is 9.97. The molecule has 0 saturated carbocycles. The number of nitrogens with one attached hydrogen (secondary N) is 1. The number of aliphatic hydroxyl groups excluding tert-OH is 1. The summed E-state index contributed by atoms with van der Waals surface area (Å²) in [5.41, 5.74) is -0.330. The van der Waals surface area contributed by atoms with Gasteiger partial charge >= 0.3 is 0 Å². The molecule has 1 aromatic heterocycles. The van der Waals surface area contributed by atoms with E-state index in [1.807, 2.05) is 0 Å². The number of aliphatic hydroxyl groups is 1. The molecule has 0 radical (unpaired) electrons. The van der Waals surface area contributed by atoms with Gasteiger partial charge in [0, 0.05) is 12.6 Å². The molecule has 0 aliphatic carbocycles. The molecule has 2 rings (SSSR count). The summed E-state index contributed by atoms with van der Waals surface area (Å²) in [5, 5.41) is 13.4. The molecule has 0 amide bonds. The molecule has 2 atom stereocenters. The zero-order valence-electron chi connectivity index (χ0n) is 11.6. The fraction of sp³-hybridized carbons (Fsp3) is 0.714. The Hall–Kier alpha value is -0.840. The Labute approximate surface area is 108 Å². The molecular formula is C14H23NO3. The second-order valence-electron chi connectivity index (χ2n) is 6.16. The van der Waals surface area contributed by atoms with Crippen molar-refractivity contribution in [2.75, 3.05) is 6.54 Å². The molecule has 1 aliphatic rings. The lowest BCUT2D eigenvalue weighted by atomic mass is 9.94. The van der Waals surface area contributed by atoms with Crippen molar-refractivity contribution < 1.29 is 14.3 Å². The molecule has 0 aromatic carbocycles. The van der Waals surface area contributed by atoms with Gasteiger partial charge in [-0.1, -0.05) is 0 Å². The number of hydrogen-bond donors (Lipinski definition) is 2. The summed E-state index contributed by atoms with van der Waals surface area (Å²) in [4.78, 5) is 0. The van der Waals surface area contributed by atoms with Crippen LogP contribution in [0.4, 0.5) is 0 Å². The van der Waals surface area contributed by atoms with Gasteiger partial charge in [-0.05, 0) is 46.2 Å². The third-order valence-corrected chi connectivity index (χ3v) is 3.50. The highest BCUT2D eigenvalue weighted by atomic mass is 16.5. The molecule has 0 unspecified atom stereocenters. The van der Waals surface area contributed by atoms with Crippen LogP contribution in [0, 0.1) is 0 Å². The van der Waals surface area contributed by atoms with Crippen LogP contribution in [0.5, 0.6) is 0 Å². The summed E-state index contributed by atoms with van der Waals surface area (Å²) in [6, 6.07) is 3.80. The lowest BCUT2D eigenvalue weighted by Crippen LogP contribution is -2.44. The molecule has 4 nitrogen and oxygen atoms in total. The van der Waals surface area contributed by atoms with E-state index in [4.69, 9.17) is 9.15 Å². The molecule has 0 spiro atoms. The van der Waals surface area contributed by atoms with Crippen LogP contribution >= 0.6 is 0 Å². The van der Waals surface area contributed by atoms with Gasteiger partial charge in [-0.25, -0.2) is 0 Å². The Morgan fingerprint density at radius 2 is 2.17 bits per heavy atom. The van der Waals surface area contributed by atoms with Gasteiger partial charge in [0.1, 0.15) is 11.9 Å². The van der Waals surface area contributed by atoms with Crippen molar-refractivity contribution in [1.82, 2.24) is 5.32 Å². The van der Waals surface area contributed by atoms with E-state index in [2.05, 4.69) is 33.0 Å². The fourth-order valence-corrected chi connectivity index (χ4v) is 2.72. The number of ether oxygens (including phenoxy) is 1. The van der Waals surface area contributed by atoms with Crippen molar-refractivity contribution in [2.45, 2.75) is 57.5 Å². The maximum Gasteiger partial charge on any atom is 0.133 e. The van der Waals surface area contributed by atoms with Gasteiger partial charge < -0.3 is 19.6 Å². The second-order valence-corrected chi connectivity index (χ2v) is 6.16. The van der Waals surface area contributed by atoms with Gasteiger partial charge in [0.05, 0.1) is 17.5 Å². The normalized spacial score (nSPS) is 27.3. The van der Waals surface area contributed by atoms with Crippen molar-refractivity contribution in [3.05, 3.63) is 24.2 Å². The van der Waals surface area contributed by atoms with Gasteiger partial charge in [0.2, 0.25) is 0 Å². The Kier molecular flexibility index (Phi) is 3.54. The third kappa shape index (κ3) is 2.94. The minimum atomic E-state index is -0.612. The molecule has 1 fully saturated rings. The second kappa shape index (κ2) is 4.68. The van der Waals surface area contributed by atoms with Crippen molar-refractivity contribution in [3.8, 4) is 0 Å². The predicted octanol–water partition coefficient (Wildman–Crippen LogP) is 2.25. The zero-order valence-corrected chi connectivity index (χ0v) is 11.6. The molecule has 102 valence electrons. The molecule has 1 saturated heterocycles. The molecule has 2 N–H and O–H groups in total. The van der Waals surface area contributed by atoms with Crippen LogP contribution in [-0.2, 0) is 4.74 Å². The lowest BCUT2D eigenvalue weighted by molar-refractivity contribution is -0.0703. The SMILES string of the molecule is CC1(C)C[C@H](NC[C@H](O)c2ccco2)C(C)(C)O1. The van der Waals surface area contributed by atoms with Crippen molar-refractivity contribution >= 4 is 0 Å². The van der Waals surface area contributed by atoms with E-state index < -0.39 is 6.10 Å². The Morgan fingerprint density at radius 1 is 1.44 bits per heavy atom.